The second-order valence-corrected chi connectivity index (χ2v) is 12.1. The quantitative estimate of drug-likeness (QED) is 0.158. The lowest BCUT2D eigenvalue weighted by Crippen LogP contribution is -2.17. The minimum Gasteiger partial charge on any atom is -0.379 e. The summed E-state index contributed by atoms with van der Waals surface area (Å²) in [6.45, 7) is 3.62. The average Bonchev–Trinajstić information content (AvgIpc) is 2.90. The van der Waals surface area contributed by atoms with Gasteiger partial charge in [0.2, 0.25) is 0 Å². The summed E-state index contributed by atoms with van der Waals surface area (Å²) in [5.41, 5.74) is 4.45. The predicted octanol–water partition coefficient (Wildman–Crippen LogP) is 5.26. The molecule has 0 spiro atoms. The van der Waals surface area contributed by atoms with Crippen molar-refractivity contribution in [2.75, 3.05) is 0 Å². The van der Waals surface area contributed by atoms with Crippen molar-refractivity contribution in [2.45, 2.75) is 23.6 Å². The third-order valence-corrected chi connectivity index (χ3v) is 8.25. The summed E-state index contributed by atoms with van der Waals surface area (Å²) in [4.78, 5) is 12.2. The number of carbonyl (C=O) groups excluding carboxylic acids is 1. The fourth-order valence-corrected chi connectivity index (χ4v) is 5.32. The topological polar surface area (TPSA) is 128 Å². The number of nitrogens with zero attached hydrogens (tertiary/aromatic N) is 1. The maximum atomic E-state index is 13.0. The Morgan fingerprint density at radius 2 is 1.27 bits per heavy atom. The van der Waals surface area contributed by atoms with Crippen LogP contribution in [-0.4, -0.2) is 29.0 Å². The van der Waals surface area contributed by atoms with Gasteiger partial charge < -0.3 is 8.37 Å². The minimum absolute atomic E-state index is 0.0802. The Morgan fingerprint density at radius 1 is 0.750 bits per heavy atom. The van der Waals surface area contributed by atoms with Crippen LogP contribution in [0, 0.1) is 13.8 Å². The second-order valence-electron chi connectivity index (χ2n) is 8.61. The van der Waals surface area contributed by atoms with Crippen molar-refractivity contribution in [3.05, 3.63) is 118 Å². The van der Waals surface area contributed by atoms with Crippen molar-refractivity contribution in [3.63, 3.8) is 0 Å². The SMILES string of the molecule is Cc1ccc(S(=O)(=O)Oc2ccc(C=NNC(=O)c3ccc(Cl)cc3)c(OS(=O)(=O)c3ccc(C)cc3)c2)cc1. The molecule has 0 aliphatic carbocycles. The number of carbonyl (C=O) groups is 1. The number of hydrazone groups is 1. The Balaban J connectivity index is 1.64. The van der Waals surface area contributed by atoms with Crippen LogP contribution in [-0.2, 0) is 20.2 Å². The summed E-state index contributed by atoms with van der Waals surface area (Å²) in [7, 11) is -8.55. The fraction of sp³-hybridized carbons (Fsp3) is 0.0714. The highest BCUT2D eigenvalue weighted by Gasteiger charge is 2.21. The second kappa shape index (κ2) is 11.9. The van der Waals surface area contributed by atoms with Crippen molar-refractivity contribution in [1.82, 2.24) is 5.43 Å². The van der Waals surface area contributed by atoms with Gasteiger partial charge in [-0.25, -0.2) is 5.43 Å². The van der Waals surface area contributed by atoms with Gasteiger partial charge in [-0.1, -0.05) is 47.0 Å². The number of nitrogens with one attached hydrogen (secondary N) is 1. The van der Waals surface area contributed by atoms with Crippen molar-refractivity contribution in [3.8, 4) is 11.5 Å². The van der Waals surface area contributed by atoms with Crippen LogP contribution in [0.15, 0.2) is 106 Å². The van der Waals surface area contributed by atoms with Crippen LogP contribution in [0.5, 0.6) is 11.5 Å². The van der Waals surface area contributed by atoms with Crippen molar-refractivity contribution < 1.29 is 30.0 Å². The van der Waals surface area contributed by atoms with Crippen LogP contribution in [0.4, 0.5) is 0 Å². The van der Waals surface area contributed by atoms with E-state index < -0.39 is 26.1 Å². The van der Waals surface area contributed by atoms with Crippen molar-refractivity contribution in [2.24, 2.45) is 5.10 Å². The van der Waals surface area contributed by atoms with Gasteiger partial charge in [-0.15, -0.1) is 0 Å². The van der Waals surface area contributed by atoms with Gasteiger partial charge in [-0.05, 0) is 74.5 Å². The molecule has 40 heavy (non-hydrogen) atoms. The highest BCUT2D eigenvalue weighted by atomic mass is 35.5. The molecule has 0 saturated heterocycles. The summed E-state index contributed by atoms with van der Waals surface area (Å²) < 4.78 is 62.2. The van der Waals surface area contributed by atoms with Gasteiger partial charge in [0.15, 0.2) is 5.75 Å². The zero-order chi connectivity index (χ0) is 28.9. The van der Waals surface area contributed by atoms with Gasteiger partial charge in [0.25, 0.3) is 5.91 Å². The standard InChI is InChI=1S/C28H23ClN2O7S2/c1-19-3-13-25(14-4-19)39(33,34)37-24-12-9-22(18-30-31-28(32)21-7-10-23(29)11-8-21)27(17-24)38-40(35,36)26-15-5-20(2)6-16-26/h3-18H,1-2H3,(H,31,32). The fourth-order valence-electron chi connectivity index (χ4n) is 3.32. The molecule has 1 N–H and O–H groups in total. The Bertz CT molecular complexity index is 1770. The third kappa shape index (κ3) is 7.26. The molecule has 0 radical (unpaired) electrons. The van der Waals surface area contributed by atoms with Gasteiger partial charge in [0.1, 0.15) is 15.5 Å². The minimum atomic E-state index is -4.32. The van der Waals surface area contributed by atoms with Gasteiger partial charge in [-0.3, -0.25) is 4.79 Å². The van der Waals surface area contributed by atoms with E-state index in [1.807, 2.05) is 6.92 Å². The predicted molar refractivity (Wildman–Crippen MR) is 151 cm³/mol. The van der Waals surface area contributed by atoms with Crippen LogP contribution in [0.25, 0.3) is 0 Å². The first-order valence-corrected chi connectivity index (χ1v) is 14.9. The summed E-state index contributed by atoms with van der Waals surface area (Å²) in [6, 6.07) is 21.9. The molecule has 0 aromatic heterocycles. The van der Waals surface area contributed by atoms with Gasteiger partial charge in [-0.2, -0.15) is 21.9 Å². The monoisotopic (exact) mass is 598 g/mol. The van der Waals surface area contributed by atoms with Crippen LogP contribution in [0.1, 0.15) is 27.0 Å². The third-order valence-electron chi connectivity index (χ3n) is 5.49. The molecule has 0 heterocycles. The van der Waals surface area contributed by atoms with Crippen LogP contribution < -0.4 is 13.8 Å². The van der Waals surface area contributed by atoms with Crippen LogP contribution in [0.3, 0.4) is 0 Å². The van der Waals surface area contributed by atoms with Crippen molar-refractivity contribution in [1.29, 1.82) is 0 Å². The highest BCUT2D eigenvalue weighted by molar-refractivity contribution is 7.87. The van der Waals surface area contributed by atoms with Gasteiger partial charge in [0.05, 0.1) is 6.21 Å². The Kier molecular flexibility index (Phi) is 8.58. The van der Waals surface area contributed by atoms with Crippen LogP contribution >= 0.6 is 11.6 Å². The van der Waals surface area contributed by atoms with Gasteiger partial charge in [0, 0.05) is 22.2 Å². The van der Waals surface area contributed by atoms with E-state index in [-0.39, 0.29) is 26.9 Å². The van der Waals surface area contributed by atoms with E-state index in [9.17, 15) is 21.6 Å². The first-order valence-electron chi connectivity index (χ1n) is 11.7. The van der Waals surface area contributed by atoms with Gasteiger partial charge >= 0.3 is 20.2 Å². The van der Waals surface area contributed by atoms with E-state index in [1.165, 1.54) is 48.5 Å². The molecule has 0 aliphatic rings. The number of hydrogen-bond acceptors (Lipinski definition) is 8. The normalized spacial score (nSPS) is 11.8. The maximum Gasteiger partial charge on any atom is 0.339 e. The number of halogens is 1. The molecule has 0 aliphatic heterocycles. The highest BCUT2D eigenvalue weighted by Crippen LogP contribution is 2.29. The number of rotatable bonds is 9. The molecule has 4 aromatic carbocycles. The molecule has 0 atom stereocenters. The Morgan fingerprint density at radius 3 is 1.82 bits per heavy atom. The van der Waals surface area contributed by atoms with Crippen molar-refractivity contribution >= 4 is 44.0 Å². The molecule has 0 fully saturated rings. The lowest BCUT2D eigenvalue weighted by molar-refractivity contribution is 0.0955. The molecule has 4 aromatic rings. The zero-order valence-electron chi connectivity index (χ0n) is 21.2. The van der Waals surface area contributed by atoms with E-state index in [0.29, 0.717) is 10.6 Å². The zero-order valence-corrected chi connectivity index (χ0v) is 23.6. The van der Waals surface area contributed by atoms with Crippen LogP contribution in [0.2, 0.25) is 5.02 Å². The summed E-state index contributed by atoms with van der Waals surface area (Å²) >= 11 is 5.84. The molecule has 4 rings (SSSR count). The van der Waals surface area contributed by atoms with E-state index >= 15 is 0 Å². The lowest BCUT2D eigenvalue weighted by atomic mass is 10.2. The number of aryl methyl sites for hydroxylation is 2. The van der Waals surface area contributed by atoms with E-state index in [4.69, 9.17) is 20.0 Å². The Hall–Kier alpha value is -4.19. The molecule has 1 amide bonds. The molecule has 0 unspecified atom stereocenters. The molecular weight excluding hydrogens is 576 g/mol. The molecule has 9 nitrogen and oxygen atoms in total. The first-order chi connectivity index (χ1) is 18.9. The first kappa shape index (κ1) is 28.8. The largest absolute Gasteiger partial charge is 0.379 e. The van der Waals surface area contributed by atoms with E-state index in [2.05, 4.69) is 10.5 Å². The maximum absolute atomic E-state index is 13.0. The molecule has 12 heteroatoms. The van der Waals surface area contributed by atoms with E-state index in [0.717, 1.165) is 23.4 Å². The lowest BCUT2D eigenvalue weighted by Gasteiger charge is -2.12. The summed E-state index contributed by atoms with van der Waals surface area (Å²) in [6.07, 6.45) is 1.16. The smallest absolute Gasteiger partial charge is 0.339 e. The summed E-state index contributed by atoms with van der Waals surface area (Å²) in [5.74, 6) is -1.01. The molecular formula is C28H23ClN2O7S2. The molecule has 0 bridgehead atoms. The number of amides is 1. The summed E-state index contributed by atoms with van der Waals surface area (Å²) in [5, 5.41) is 4.35. The average molecular weight is 599 g/mol. The molecule has 0 saturated carbocycles. The molecule has 206 valence electrons. The van der Waals surface area contributed by atoms with E-state index in [1.54, 1.807) is 43.3 Å². The number of hydrogen-bond donors (Lipinski definition) is 1. The number of benzene rings is 4. The Labute approximate surface area is 237 Å².